The molecular formula is C20H22Cl2FN5O2. The van der Waals surface area contributed by atoms with Crippen molar-refractivity contribution in [1.82, 2.24) is 20.2 Å². The van der Waals surface area contributed by atoms with Crippen molar-refractivity contribution in [3.05, 3.63) is 56.2 Å². The van der Waals surface area contributed by atoms with Crippen LogP contribution in [0.1, 0.15) is 31.2 Å². The number of nitrogens with one attached hydrogen (secondary N) is 2. The van der Waals surface area contributed by atoms with Crippen molar-refractivity contribution in [1.29, 1.82) is 0 Å². The van der Waals surface area contributed by atoms with Gasteiger partial charge in [0.15, 0.2) is 0 Å². The average Bonchev–Trinajstić information content (AvgIpc) is 3.55. The average molecular weight is 454 g/mol. The molecule has 2 fully saturated rings. The summed E-state index contributed by atoms with van der Waals surface area (Å²) in [6.45, 7) is 1.38. The van der Waals surface area contributed by atoms with E-state index in [1.54, 1.807) is 12.1 Å². The van der Waals surface area contributed by atoms with E-state index >= 15 is 0 Å². The predicted octanol–water partition coefficient (Wildman–Crippen LogP) is 3.56. The quantitative estimate of drug-likeness (QED) is 0.724. The highest BCUT2D eigenvalue weighted by molar-refractivity contribution is 6.30. The molecule has 2 N–H and O–H groups in total. The van der Waals surface area contributed by atoms with Gasteiger partial charge in [0.1, 0.15) is 10.8 Å². The number of urea groups is 1. The van der Waals surface area contributed by atoms with Gasteiger partial charge in [0.25, 0.3) is 5.56 Å². The summed E-state index contributed by atoms with van der Waals surface area (Å²) in [6, 6.07) is 4.36. The van der Waals surface area contributed by atoms with Crippen molar-refractivity contribution in [2.45, 2.75) is 44.3 Å². The van der Waals surface area contributed by atoms with E-state index in [4.69, 9.17) is 23.2 Å². The highest BCUT2D eigenvalue weighted by Gasteiger charge is 2.39. The molecule has 0 unspecified atom stereocenters. The molecule has 1 atom stereocenters. The second kappa shape index (κ2) is 8.81. The van der Waals surface area contributed by atoms with E-state index < -0.39 is 5.82 Å². The Morgan fingerprint density at radius 3 is 2.80 bits per heavy atom. The summed E-state index contributed by atoms with van der Waals surface area (Å²) in [5.41, 5.74) is 0.00211. The molecular weight excluding hydrogens is 432 g/mol. The molecule has 160 valence electrons. The summed E-state index contributed by atoms with van der Waals surface area (Å²) in [6.07, 6.45) is 4.96. The molecule has 30 heavy (non-hydrogen) atoms. The van der Waals surface area contributed by atoms with Crippen LogP contribution in [-0.4, -0.2) is 46.1 Å². The lowest BCUT2D eigenvalue weighted by atomic mass is 10.0. The Labute approximate surface area is 183 Å². The van der Waals surface area contributed by atoms with Gasteiger partial charge < -0.3 is 15.1 Å². The van der Waals surface area contributed by atoms with Gasteiger partial charge in [-0.2, -0.15) is 0 Å². The molecule has 0 spiro atoms. The first kappa shape index (κ1) is 20.9. The maximum Gasteiger partial charge on any atom is 0.318 e. The van der Waals surface area contributed by atoms with Crippen LogP contribution in [0.5, 0.6) is 0 Å². The van der Waals surface area contributed by atoms with Gasteiger partial charge in [-0.1, -0.05) is 29.3 Å². The highest BCUT2D eigenvalue weighted by atomic mass is 35.5. The molecule has 7 nitrogen and oxygen atoms in total. The van der Waals surface area contributed by atoms with Crippen LogP contribution in [0.4, 0.5) is 15.1 Å². The standard InChI is InChI=1S/C20H22Cl2FN5O2/c21-13-4-3-12(17(23)8-13)9-25-20(30)28(14-5-6-14)15-2-1-7-27(11-15)19-24-10-16(22)18(29)26-19/h3-4,8,10,14-15H,1-2,5-7,9,11H2,(H,25,30)(H,24,26,29)/t15-/m1/s1. The first-order valence-corrected chi connectivity index (χ1v) is 10.7. The van der Waals surface area contributed by atoms with E-state index in [0.717, 1.165) is 32.2 Å². The van der Waals surface area contributed by atoms with Gasteiger partial charge in [-0.3, -0.25) is 9.78 Å². The van der Waals surface area contributed by atoms with Gasteiger partial charge in [-0.15, -0.1) is 0 Å². The van der Waals surface area contributed by atoms with E-state index in [2.05, 4.69) is 15.3 Å². The van der Waals surface area contributed by atoms with E-state index in [1.165, 1.54) is 12.3 Å². The lowest BCUT2D eigenvalue weighted by molar-refractivity contribution is 0.160. The molecule has 10 heteroatoms. The number of aromatic amines is 1. The Hall–Kier alpha value is -2.32. The molecule has 1 aliphatic heterocycles. The van der Waals surface area contributed by atoms with Crippen molar-refractivity contribution in [2.24, 2.45) is 0 Å². The van der Waals surface area contributed by atoms with Gasteiger partial charge in [0.2, 0.25) is 5.95 Å². The first-order chi connectivity index (χ1) is 14.4. The van der Waals surface area contributed by atoms with Crippen LogP contribution in [0.15, 0.2) is 29.2 Å². The van der Waals surface area contributed by atoms with Crippen LogP contribution >= 0.6 is 23.2 Å². The molecule has 1 saturated carbocycles. The Kier molecular flexibility index (Phi) is 6.15. The Morgan fingerprint density at radius 1 is 1.30 bits per heavy atom. The Balaban J connectivity index is 1.44. The topological polar surface area (TPSA) is 81.3 Å². The number of rotatable bonds is 5. The summed E-state index contributed by atoms with van der Waals surface area (Å²) in [7, 11) is 0. The first-order valence-electron chi connectivity index (χ1n) is 9.92. The minimum Gasteiger partial charge on any atom is -0.340 e. The number of nitrogens with zero attached hydrogens (tertiary/aromatic N) is 3. The molecule has 1 saturated heterocycles. The summed E-state index contributed by atoms with van der Waals surface area (Å²) < 4.78 is 14.0. The number of aromatic nitrogens is 2. The highest BCUT2D eigenvalue weighted by Crippen LogP contribution is 2.32. The van der Waals surface area contributed by atoms with Gasteiger partial charge >= 0.3 is 6.03 Å². The fraction of sp³-hybridized carbons (Fsp3) is 0.450. The van der Waals surface area contributed by atoms with Crippen LogP contribution in [0.3, 0.4) is 0 Å². The molecule has 1 aromatic carbocycles. The molecule has 0 bridgehead atoms. The van der Waals surface area contributed by atoms with Gasteiger partial charge in [-0.25, -0.2) is 14.2 Å². The fourth-order valence-electron chi connectivity index (χ4n) is 3.81. The maximum absolute atomic E-state index is 14.0. The van der Waals surface area contributed by atoms with E-state index in [-0.39, 0.29) is 35.2 Å². The summed E-state index contributed by atoms with van der Waals surface area (Å²) in [5.74, 6) is 0.0101. The zero-order chi connectivity index (χ0) is 21.3. The Bertz CT molecular complexity index is 997. The van der Waals surface area contributed by atoms with Crippen molar-refractivity contribution in [3.63, 3.8) is 0 Å². The molecule has 0 radical (unpaired) electrons. The second-order valence-electron chi connectivity index (χ2n) is 7.66. The smallest absolute Gasteiger partial charge is 0.318 e. The predicted molar refractivity (Wildman–Crippen MR) is 114 cm³/mol. The fourth-order valence-corrected chi connectivity index (χ4v) is 4.07. The van der Waals surface area contributed by atoms with Gasteiger partial charge in [0.05, 0.1) is 12.2 Å². The number of hydrogen-bond donors (Lipinski definition) is 2. The summed E-state index contributed by atoms with van der Waals surface area (Å²) >= 11 is 11.6. The summed E-state index contributed by atoms with van der Waals surface area (Å²) in [4.78, 5) is 35.5. The Morgan fingerprint density at radius 2 is 2.10 bits per heavy atom. The van der Waals surface area contributed by atoms with Crippen molar-refractivity contribution in [2.75, 3.05) is 18.0 Å². The van der Waals surface area contributed by atoms with Crippen LogP contribution < -0.4 is 15.8 Å². The normalized spacial score (nSPS) is 18.9. The zero-order valence-corrected chi connectivity index (χ0v) is 17.7. The van der Waals surface area contributed by atoms with Crippen molar-refractivity contribution in [3.8, 4) is 0 Å². The van der Waals surface area contributed by atoms with Crippen LogP contribution in [-0.2, 0) is 6.54 Å². The molecule has 1 aromatic heterocycles. The number of piperidine rings is 1. The van der Waals surface area contributed by atoms with Crippen LogP contribution in [0.25, 0.3) is 0 Å². The third-order valence-electron chi connectivity index (χ3n) is 5.45. The maximum atomic E-state index is 14.0. The largest absolute Gasteiger partial charge is 0.340 e. The number of amides is 2. The zero-order valence-electron chi connectivity index (χ0n) is 16.2. The molecule has 2 heterocycles. The number of hydrogen-bond acceptors (Lipinski definition) is 4. The van der Waals surface area contributed by atoms with E-state index in [9.17, 15) is 14.0 Å². The third-order valence-corrected chi connectivity index (χ3v) is 5.96. The number of H-pyrrole nitrogens is 1. The monoisotopic (exact) mass is 453 g/mol. The van der Waals surface area contributed by atoms with Crippen LogP contribution in [0, 0.1) is 5.82 Å². The molecule has 4 rings (SSSR count). The minimum atomic E-state index is -0.442. The molecule has 2 aliphatic rings. The number of carbonyl (C=O) groups excluding carboxylic acids is 1. The van der Waals surface area contributed by atoms with Crippen molar-refractivity contribution < 1.29 is 9.18 Å². The number of benzene rings is 1. The van der Waals surface area contributed by atoms with Crippen molar-refractivity contribution >= 4 is 35.2 Å². The van der Waals surface area contributed by atoms with E-state index in [0.29, 0.717) is 23.1 Å². The molecule has 2 amide bonds. The summed E-state index contributed by atoms with van der Waals surface area (Å²) in [5, 5.41) is 3.20. The lowest BCUT2D eigenvalue weighted by Crippen LogP contribution is -2.54. The number of halogens is 3. The van der Waals surface area contributed by atoms with E-state index in [1.807, 2.05) is 9.80 Å². The SMILES string of the molecule is O=C(NCc1ccc(Cl)cc1F)N(C1CC1)[C@@H]1CCCN(c2ncc(Cl)c(=O)[nH]2)C1. The minimum absolute atomic E-state index is 0.0257. The third kappa shape index (κ3) is 4.70. The number of anilines is 1. The number of carbonyl (C=O) groups is 1. The van der Waals surface area contributed by atoms with Gasteiger partial charge in [-0.05, 0) is 37.8 Å². The molecule has 1 aliphatic carbocycles. The van der Waals surface area contributed by atoms with Crippen LogP contribution in [0.2, 0.25) is 10.0 Å². The lowest BCUT2D eigenvalue weighted by Gasteiger charge is -2.39. The molecule has 2 aromatic rings. The second-order valence-corrected chi connectivity index (χ2v) is 8.50. The van der Waals surface area contributed by atoms with Gasteiger partial charge in [0, 0.05) is 36.3 Å².